The Morgan fingerprint density at radius 3 is 1.53 bits per heavy atom. The van der Waals surface area contributed by atoms with E-state index in [-0.39, 0.29) is 0 Å². The van der Waals surface area contributed by atoms with Crippen molar-refractivity contribution in [1.82, 2.24) is 0 Å². The van der Waals surface area contributed by atoms with Crippen molar-refractivity contribution < 1.29 is 60.9 Å². The van der Waals surface area contributed by atoms with E-state index < -0.39 is 39.9 Å². The van der Waals surface area contributed by atoms with Gasteiger partial charge in [-0.15, -0.1) is 0 Å². The molecule has 36 heavy (non-hydrogen) atoms. The van der Waals surface area contributed by atoms with Crippen LogP contribution in [0.3, 0.4) is 0 Å². The summed E-state index contributed by atoms with van der Waals surface area (Å²) in [7, 11) is -10.7. The van der Waals surface area contributed by atoms with Crippen LogP contribution in [-0.4, -0.2) is 88.6 Å². The third-order valence-corrected chi connectivity index (χ3v) is 11.4. The van der Waals surface area contributed by atoms with E-state index in [0.717, 1.165) is 16.6 Å². The number of halogens is 6. The van der Waals surface area contributed by atoms with E-state index in [1.807, 2.05) is 0 Å². The van der Waals surface area contributed by atoms with Gasteiger partial charge in [-0.05, 0) is 38.5 Å². The molecule has 0 N–H and O–H groups in total. The molecule has 0 aromatic heterocycles. The number of unbranched alkanes of at least 4 members (excludes halogenated alkanes) is 2. The van der Waals surface area contributed by atoms with Gasteiger partial charge in [0.15, 0.2) is 20.0 Å². The van der Waals surface area contributed by atoms with Gasteiger partial charge < -0.3 is 21.9 Å². The first-order chi connectivity index (χ1) is 16.4. The summed E-state index contributed by atoms with van der Waals surface area (Å²) in [6.07, 6.45) is 9.34. The number of sulfonamides is 2. The summed E-state index contributed by atoms with van der Waals surface area (Å²) in [5.41, 5.74) is -12.4. The lowest BCUT2D eigenvalue weighted by atomic mass is 10.1. The van der Waals surface area contributed by atoms with Crippen molar-refractivity contribution in [3.05, 3.63) is 4.13 Å². The topological polar surface area (TPSA) is 110 Å². The molecule has 1 rings (SSSR count). The fraction of sp³-hybridized carbons (Fsp3) is 1.00. The Morgan fingerprint density at radius 2 is 1.17 bits per heavy atom. The Labute approximate surface area is 210 Å². The molecule has 0 amide bonds. The summed E-state index contributed by atoms with van der Waals surface area (Å²) in [6.45, 7) is 7.78. The highest BCUT2D eigenvalue weighted by Crippen LogP contribution is 2.36. The molecule has 1 saturated heterocycles. The van der Waals surface area contributed by atoms with Gasteiger partial charge in [-0.3, -0.25) is 0 Å². The second-order valence-corrected chi connectivity index (χ2v) is 14.8. The SMILES string of the molecule is CCCC[N+]1(CCCC[Si](OC)(OC)OC)CCCCC1.O=S(=O)([N-]S(=O)(=O)C(F)(F)F)C(F)(F)F. The fourth-order valence-corrected chi connectivity index (χ4v) is 7.30. The number of piperidine rings is 1. The van der Waals surface area contributed by atoms with Gasteiger partial charge in [-0.1, -0.05) is 13.3 Å². The molecule has 0 spiro atoms. The third-order valence-electron chi connectivity index (χ3n) is 5.83. The Morgan fingerprint density at radius 1 is 0.750 bits per heavy atom. The first-order valence-corrected chi connectivity index (χ1v) is 16.0. The van der Waals surface area contributed by atoms with E-state index in [0.29, 0.717) is 0 Å². The summed E-state index contributed by atoms with van der Waals surface area (Å²) >= 11 is 0. The summed E-state index contributed by atoms with van der Waals surface area (Å²) in [5, 5.41) is 0. The van der Waals surface area contributed by atoms with Gasteiger partial charge in [0.25, 0.3) is 0 Å². The zero-order valence-electron chi connectivity index (χ0n) is 20.8. The summed E-state index contributed by atoms with van der Waals surface area (Å²) in [4.78, 5) is 0. The van der Waals surface area contributed by atoms with Gasteiger partial charge in [0.2, 0.25) is 0 Å². The van der Waals surface area contributed by atoms with Crippen molar-refractivity contribution in [3.63, 3.8) is 0 Å². The molecule has 0 atom stereocenters. The maximum Gasteiger partial charge on any atom is 0.500 e. The predicted octanol–water partition coefficient (Wildman–Crippen LogP) is 4.50. The second-order valence-electron chi connectivity index (χ2n) is 8.32. The maximum atomic E-state index is 11.4. The third kappa shape index (κ3) is 11.1. The average Bonchev–Trinajstić information content (AvgIpc) is 2.77. The van der Waals surface area contributed by atoms with E-state index in [2.05, 4.69) is 6.92 Å². The molecule has 1 aliphatic heterocycles. The van der Waals surface area contributed by atoms with Gasteiger partial charge in [0.1, 0.15) is 0 Å². The van der Waals surface area contributed by atoms with Crippen LogP contribution in [-0.2, 0) is 33.3 Å². The molecule has 1 fully saturated rings. The Bertz CT molecular complexity index is 795. The minimum Gasteiger partial charge on any atom is -0.421 e. The van der Waals surface area contributed by atoms with Crippen LogP contribution in [0.2, 0.25) is 6.04 Å². The van der Waals surface area contributed by atoms with Crippen LogP contribution in [0.4, 0.5) is 26.3 Å². The molecule has 1 heterocycles. The van der Waals surface area contributed by atoms with Crippen molar-refractivity contribution in [1.29, 1.82) is 0 Å². The summed E-state index contributed by atoms with van der Waals surface area (Å²) < 4.78 is 127. The van der Waals surface area contributed by atoms with Crippen LogP contribution in [0.25, 0.3) is 4.13 Å². The highest BCUT2D eigenvalue weighted by molar-refractivity contribution is 8.13. The molecule has 0 aromatic carbocycles. The fourth-order valence-electron chi connectivity index (χ4n) is 3.79. The minimum absolute atomic E-state index is 0.778. The highest BCUT2D eigenvalue weighted by atomic mass is 32.3. The molecule has 1 aliphatic rings. The van der Waals surface area contributed by atoms with Crippen LogP contribution in [0.5, 0.6) is 0 Å². The molecule has 0 aliphatic carbocycles. The number of hydrogen-bond acceptors (Lipinski definition) is 7. The lowest BCUT2D eigenvalue weighted by Gasteiger charge is -2.42. The van der Waals surface area contributed by atoms with E-state index in [4.69, 9.17) is 13.3 Å². The standard InChI is InChI=1S/C16H36NO3Si.C2F6NO4S2/c1-5-6-12-17(13-8-7-9-14-17)15-10-11-16-21(18-2,19-3)20-4;3-1(4,5)14(10,11)9-15(12,13)2(6,7)8/h5-16H2,1-4H3;/q+1;-1. The number of nitrogens with zero attached hydrogens (tertiary/aromatic N) is 2. The molecule has 0 unspecified atom stereocenters. The zero-order chi connectivity index (χ0) is 28.3. The van der Waals surface area contributed by atoms with Crippen molar-refractivity contribution in [2.24, 2.45) is 0 Å². The maximum absolute atomic E-state index is 11.4. The highest BCUT2D eigenvalue weighted by Gasteiger charge is 2.47. The number of hydrogen-bond donors (Lipinski definition) is 0. The summed E-state index contributed by atoms with van der Waals surface area (Å²) in [5.74, 6) is 0. The first kappa shape index (κ1) is 35.5. The number of likely N-dealkylation sites (tertiary alicyclic amines) is 1. The van der Waals surface area contributed by atoms with Crippen LogP contribution in [0.15, 0.2) is 0 Å². The van der Waals surface area contributed by atoms with E-state index in [1.165, 1.54) is 69.2 Å². The smallest absolute Gasteiger partial charge is 0.421 e. The second kappa shape index (κ2) is 14.6. The number of alkyl halides is 6. The van der Waals surface area contributed by atoms with E-state index in [1.54, 1.807) is 21.3 Å². The minimum atomic E-state index is -6.72. The zero-order valence-corrected chi connectivity index (χ0v) is 23.5. The van der Waals surface area contributed by atoms with Crippen LogP contribution in [0, 0.1) is 0 Å². The van der Waals surface area contributed by atoms with Crippen molar-refractivity contribution in [2.45, 2.75) is 68.9 Å². The predicted molar refractivity (Wildman–Crippen MR) is 123 cm³/mol. The average molecular weight is 599 g/mol. The summed E-state index contributed by atoms with van der Waals surface area (Å²) in [6, 6.07) is 0.935. The van der Waals surface area contributed by atoms with Crippen molar-refractivity contribution >= 4 is 28.9 Å². The van der Waals surface area contributed by atoms with Crippen LogP contribution >= 0.6 is 0 Å². The van der Waals surface area contributed by atoms with Gasteiger partial charge in [-0.25, -0.2) is 16.8 Å². The van der Waals surface area contributed by atoms with E-state index in [9.17, 15) is 43.2 Å². The largest absolute Gasteiger partial charge is 0.500 e. The van der Waals surface area contributed by atoms with E-state index >= 15 is 0 Å². The quantitative estimate of drug-likeness (QED) is 0.133. The van der Waals surface area contributed by atoms with Crippen molar-refractivity contribution in [3.8, 4) is 0 Å². The van der Waals surface area contributed by atoms with Crippen molar-refractivity contribution in [2.75, 3.05) is 47.5 Å². The van der Waals surface area contributed by atoms with Gasteiger partial charge >= 0.3 is 19.8 Å². The molecular weight excluding hydrogens is 562 g/mol. The normalized spacial score (nSPS) is 17.4. The Balaban J connectivity index is 0.000000723. The first-order valence-electron chi connectivity index (χ1n) is 11.2. The molecule has 0 aromatic rings. The molecule has 0 saturated carbocycles. The lowest BCUT2D eigenvalue weighted by molar-refractivity contribution is -0.932. The molecular formula is C18H36F6N2O7S2Si. The molecule has 0 bridgehead atoms. The molecule has 218 valence electrons. The van der Waals surface area contributed by atoms with Gasteiger partial charge in [0.05, 0.1) is 26.2 Å². The molecule has 0 radical (unpaired) electrons. The monoisotopic (exact) mass is 598 g/mol. The van der Waals surface area contributed by atoms with Gasteiger partial charge in [0, 0.05) is 27.4 Å². The number of rotatable bonds is 13. The Hall–Kier alpha value is -0.503. The van der Waals surface area contributed by atoms with Crippen LogP contribution in [0.1, 0.15) is 51.9 Å². The molecule has 18 heteroatoms. The van der Waals surface area contributed by atoms with Crippen LogP contribution < -0.4 is 0 Å². The Kier molecular flexibility index (Phi) is 14.4. The molecule has 9 nitrogen and oxygen atoms in total. The number of quaternary nitrogens is 1. The van der Waals surface area contributed by atoms with Gasteiger partial charge in [-0.2, -0.15) is 26.3 Å². The lowest BCUT2D eigenvalue weighted by Crippen LogP contribution is -2.52.